The summed E-state index contributed by atoms with van der Waals surface area (Å²) in [5.74, 6) is 1.67. The highest BCUT2D eigenvalue weighted by Gasteiger charge is 2.25. The Morgan fingerprint density at radius 1 is 1.21 bits per heavy atom. The van der Waals surface area contributed by atoms with E-state index in [1.54, 1.807) is 0 Å². The van der Waals surface area contributed by atoms with Crippen LogP contribution < -0.4 is 10.1 Å². The standard InChI is InChI=1S/C22H32N4O2/c1-5-14-28-20-8-6-18(7-9-20)15-23-22(27)21-16(2)26(17(3)24-21)19-10-12-25(4)13-11-19/h6-9,19H,5,10-15H2,1-4H3,(H,23,27). The zero-order chi connectivity index (χ0) is 20.1. The second kappa shape index (κ2) is 9.24. The highest BCUT2D eigenvalue weighted by Crippen LogP contribution is 2.26. The second-order valence-corrected chi connectivity index (χ2v) is 7.67. The quantitative estimate of drug-likeness (QED) is 0.794. The molecule has 1 N–H and O–H groups in total. The smallest absolute Gasteiger partial charge is 0.272 e. The van der Waals surface area contributed by atoms with Gasteiger partial charge in [-0.1, -0.05) is 19.1 Å². The molecule has 0 radical (unpaired) electrons. The normalized spacial score (nSPS) is 15.6. The van der Waals surface area contributed by atoms with Gasteiger partial charge in [0.1, 0.15) is 17.3 Å². The van der Waals surface area contributed by atoms with Gasteiger partial charge in [-0.25, -0.2) is 4.98 Å². The van der Waals surface area contributed by atoms with Crippen molar-refractivity contribution < 1.29 is 9.53 Å². The molecular formula is C22H32N4O2. The highest BCUT2D eigenvalue weighted by atomic mass is 16.5. The maximum Gasteiger partial charge on any atom is 0.272 e. The van der Waals surface area contributed by atoms with Crippen LogP contribution in [0.3, 0.4) is 0 Å². The molecule has 0 spiro atoms. The predicted molar refractivity (Wildman–Crippen MR) is 111 cm³/mol. The molecule has 1 aromatic heterocycles. The van der Waals surface area contributed by atoms with E-state index in [0.29, 0.717) is 24.9 Å². The van der Waals surface area contributed by atoms with E-state index in [0.717, 1.165) is 55.2 Å². The van der Waals surface area contributed by atoms with Gasteiger partial charge in [-0.05, 0) is 70.9 Å². The maximum atomic E-state index is 12.7. The number of carbonyl (C=O) groups is 1. The van der Waals surface area contributed by atoms with Crippen LogP contribution >= 0.6 is 0 Å². The van der Waals surface area contributed by atoms with Crippen LogP contribution in [0.1, 0.15) is 59.8 Å². The van der Waals surface area contributed by atoms with Crippen LogP contribution in [0.4, 0.5) is 0 Å². The number of nitrogens with one attached hydrogen (secondary N) is 1. The SMILES string of the molecule is CCCOc1ccc(CNC(=O)c2nc(C)n(C3CCN(C)CC3)c2C)cc1. The van der Waals surface area contributed by atoms with Gasteiger partial charge in [0.15, 0.2) is 0 Å². The third-order valence-electron chi connectivity index (χ3n) is 5.44. The van der Waals surface area contributed by atoms with E-state index in [1.165, 1.54) is 0 Å². The summed E-state index contributed by atoms with van der Waals surface area (Å²) in [6.45, 7) is 9.45. The molecule has 2 heterocycles. The maximum absolute atomic E-state index is 12.7. The lowest BCUT2D eigenvalue weighted by molar-refractivity contribution is 0.0945. The first kappa shape index (κ1) is 20.4. The average molecular weight is 385 g/mol. The Labute approximate surface area is 167 Å². The molecule has 1 saturated heterocycles. The number of carbonyl (C=O) groups excluding carboxylic acids is 1. The lowest BCUT2D eigenvalue weighted by atomic mass is 10.0. The number of ether oxygens (including phenoxy) is 1. The summed E-state index contributed by atoms with van der Waals surface area (Å²) in [7, 11) is 2.16. The first-order chi connectivity index (χ1) is 13.5. The first-order valence-electron chi connectivity index (χ1n) is 10.2. The molecule has 0 bridgehead atoms. The van der Waals surface area contributed by atoms with Gasteiger partial charge >= 0.3 is 0 Å². The Balaban J connectivity index is 1.62. The van der Waals surface area contributed by atoms with Crippen molar-refractivity contribution in [1.29, 1.82) is 0 Å². The Kier molecular flexibility index (Phi) is 6.73. The van der Waals surface area contributed by atoms with Gasteiger partial charge in [0.2, 0.25) is 0 Å². The average Bonchev–Trinajstić information content (AvgIpc) is 3.00. The number of hydrogen-bond acceptors (Lipinski definition) is 4. The van der Waals surface area contributed by atoms with Gasteiger partial charge < -0.3 is 19.5 Å². The minimum Gasteiger partial charge on any atom is -0.494 e. The van der Waals surface area contributed by atoms with E-state index in [9.17, 15) is 4.79 Å². The van der Waals surface area contributed by atoms with E-state index >= 15 is 0 Å². The number of hydrogen-bond donors (Lipinski definition) is 1. The van der Waals surface area contributed by atoms with Crippen molar-refractivity contribution in [2.75, 3.05) is 26.7 Å². The minimum absolute atomic E-state index is 0.112. The van der Waals surface area contributed by atoms with E-state index < -0.39 is 0 Å². The van der Waals surface area contributed by atoms with Gasteiger partial charge in [-0.3, -0.25) is 4.79 Å². The zero-order valence-corrected chi connectivity index (χ0v) is 17.5. The lowest BCUT2D eigenvalue weighted by Gasteiger charge is -2.31. The molecule has 1 aliphatic rings. The summed E-state index contributed by atoms with van der Waals surface area (Å²) >= 11 is 0. The topological polar surface area (TPSA) is 59.4 Å². The third-order valence-corrected chi connectivity index (χ3v) is 5.44. The Bertz CT molecular complexity index is 790. The molecule has 1 aliphatic heterocycles. The second-order valence-electron chi connectivity index (χ2n) is 7.67. The number of nitrogens with zero attached hydrogens (tertiary/aromatic N) is 3. The summed E-state index contributed by atoms with van der Waals surface area (Å²) in [4.78, 5) is 19.7. The molecule has 6 heteroatoms. The summed E-state index contributed by atoms with van der Waals surface area (Å²) in [6, 6.07) is 8.30. The molecule has 6 nitrogen and oxygen atoms in total. The van der Waals surface area contributed by atoms with Gasteiger partial charge in [0.05, 0.1) is 6.61 Å². The molecule has 0 saturated carbocycles. The van der Waals surface area contributed by atoms with Crippen LogP contribution in [0.2, 0.25) is 0 Å². The molecule has 28 heavy (non-hydrogen) atoms. The number of benzene rings is 1. The number of piperidine rings is 1. The Morgan fingerprint density at radius 2 is 1.89 bits per heavy atom. The van der Waals surface area contributed by atoms with Crippen LogP contribution in [-0.4, -0.2) is 47.1 Å². The molecule has 0 aliphatic carbocycles. The predicted octanol–water partition coefficient (Wildman–Crippen LogP) is 3.49. The Hall–Kier alpha value is -2.34. The molecule has 0 unspecified atom stereocenters. The molecular weight excluding hydrogens is 352 g/mol. The third kappa shape index (κ3) is 4.73. The molecule has 0 atom stereocenters. The molecule has 1 amide bonds. The summed E-state index contributed by atoms with van der Waals surface area (Å²) in [5.41, 5.74) is 2.55. The Morgan fingerprint density at radius 3 is 2.54 bits per heavy atom. The van der Waals surface area contributed by atoms with Gasteiger partial charge in [-0.2, -0.15) is 0 Å². The van der Waals surface area contributed by atoms with Crippen molar-refractivity contribution in [3.8, 4) is 5.75 Å². The summed E-state index contributed by atoms with van der Waals surface area (Å²) < 4.78 is 7.85. The van der Waals surface area contributed by atoms with Crippen LogP contribution in [-0.2, 0) is 6.54 Å². The fourth-order valence-electron chi connectivity index (χ4n) is 3.85. The fraction of sp³-hybridized carbons (Fsp3) is 0.545. The highest BCUT2D eigenvalue weighted by molar-refractivity contribution is 5.93. The van der Waals surface area contributed by atoms with Gasteiger partial charge in [0, 0.05) is 18.3 Å². The number of aryl methyl sites for hydroxylation is 1. The minimum atomic E-state index is -0.112. The van der Waals surface area contributed by atoms with Crippen molar-refractivity contribution in [3.05, 3.63) is 47.0 Å². The van der Waals surface area contributed by atoms with Crippen molar-refractivity contribution in [2.45, 2.75) is 52.6 Å². The monoisotopic (exact) mass is 384 g/mol. The molecule has 1 fully saturated rings. The van der Waals surface area contributed by atoms with E-state index in [4.69, 9.17) is 4.74 Å². The van der Waals surface area contributed by atoms with Crippen LogP contribution in [0.25, 0.3) is 0 Å². The van der Waals surface area contributed by atoms with Crippen LogP contribution in [0.5, 0.6) is 5.75 Å². The lowest BCUT2D eigenvalue weighted by Crippen LogP contribution is -2.32. The van der Waals surface area contributed by atoms with Gasteiger partial charge in [0.25, 0.3) is 5.91 Å². The van der Waals surface area contributed by atoms with E-state index in [1.807, 2.05) is 38.1 Å². The molecule has 3 rings (SSSR count). The molecule has 2 aromatic rings. The summed E-state index contributed by atoms with van der Waals surface area (Å²) in [6.07, 6.45) is 3.19. The number of likely N-dealkylation sites (tertiary alicyclic amines) is 1. The van der Waals surface area contributed by atoms with Gasteiger partial charge in [-0.15, -0.1) is 0 Å². The summed E-state index contributed by atoms with van der Waals surface area (Å²) in [5, 5.41) is 3.01. The fourth-order valence-corrected chi connectivity index (χ4v) is 3.85. The number of imidazole rings is 1. The largest absolute Gasteiger partial charge is 0.494 e. The number of amides is 1. The van der Waals surface area contributed by atoms with Crippen molar-refractivity contribution in [1.82, 2.24) is 19.8 Å². The van der Waals surface area contributed by atoms with Crippen molar-refractivity contribution in [3.63, 3.8) is 0 Å². The van der Waals surface area contributed by atoms with E-state index in [-0.39, 0.29) is 5.91 Å². The molecule has 152 valence electrons. The molecule has 1 aromatic carbocycles. The zero-order valence-electron chi connectivity index (χ0n) is 17.5. The number of aromatic nitrogens is 2. The van der Waals surface area contributed by atoms with Crippen LogP contribution in [0.15, 0.2) is 24.3 Å². The van der Waals surface area contributed by atoms with Crippen molar-refractivity contribution >= 4 is 5.91 Å². The van der Waals surface area contributed by atoms with Crippen LogP contribution in [0, 0.1) is 13.8 Å². The first-order valence-corrected chi connectivity index (χ1v) is 10.2. The van der Waals surface area contributed by atoms with Crippen molar-refractivity contribution in [2.24, 2.45) is 0 Å². The van der Waals surface area contributed by atoms with E-state index in [2.05, 4.69) is 33.7 Å². The number of rotatable bonds is 7.